The Morgan fingerprint density at radius 1 is 1.36 bits per heavy atom. The molecule has 0 unspecified atom stereocenters. The molecule has 0 aliphatic rings. The van der Waals surface area contributed by atoms with E-state index in [9.17, 15) is 24.8 Å². The maximum atomic E-state index is 12.4. The van der Waals surface area contributed by atoms with Crippen LogP contribution in [0.4, 0.5) is 5.69 Å². The summed E-state index contributed by atoms with van der Waals surface area (Å²) < 4.78 is 1.03. The van der Waals surface area contributed by atoms with Crippen molar-refractivity contribution in [2.24, 2.45) is 12.1 Å². The summed E-state index contributed by atoms with van der Waals surface area (Å²) in [6.45, 7) is 0. The summed E-state index contributed by atoms with van der Waals surface area (Å²) in [7, 11) is 1.41. The van der Waals surface area contributed by atoms with E-state index >= 15 is 0 Å². The van der Waals surface area contributed by atoms with Gasteiger partial charge in [-0.15, -0.1) is 0 Å². The molecule has 0 aliphatic heterocycles. The van der Waals surface area contributed by atoms with Crippen LogP contribution in [-0.4, -0.2) is 31.9 Å². The van der Waals surface area contributed by atoms with E-state index in [-0.39, 0.29) is 21.8 Å². The van der Waals surface area contributed by atoms with E-state index in [1.165, 1.54) is 13.1 Å². The van der Waals surface area contributed by atoms with Crippen LogP contribution in [0, 0.1) is 10.1 Å². The zero-order chi connectivity index (χ0) is 20.4. The van der Waals surface area contributed by atoms with Gasteiger partial charge in [0.25, 0.3) is 11.5 Å². The molecule has 11 heteroatoms. The van der Waals surface area contributed by atoms with Crippen molar-refractivity contribution in [3.05, 3.63) is 73.1 Å². The Hall–Kier alpha value is -3.79. The molecule has 1 amide bonds. The summed E-state index contributed by atoms with van der Waals surface area (Å²) >= 11 is 5.79. The number of carbonyl (C=O) groups is 1. The molecule has 0 radical (unpaired) electrons. The van der Waals surface area contributed by atoms with Crippen molar-refractivity contribution in [1.82, 2.24) is 15.2 Å². The van der Waals surface area contributed by atoms with Gasteiger partial charge in [-0.05, 0) is 12.1 Å². The minimum Gasteiger partial charge on any atom is -0.502 e. The van der Waals surface area contributed by atoms with E-state index in [4.69, 9.17) is 11.6 Å². The Morgan fingerprint density at radius 2 is 2.04 bits per heavy atom. The standard InChI is InChI=1S/C17H12ClN5O5/c1-22-17(26)12-5-3-2-4-11(12)14(21-22)16(25)20-19-8-9-6-10(18)7-13(15(9)24)23(27)28/h2-8,24H,1H3,(H,20,25)/b19-8+. The molecular formula is C17H12ClN5O5. The third-order valence-corrected chi connectivity index (χ3v) is 4.04. The molecule has 0 bridgehead atoms. The Balaban J connectivity index is 1.92. The molecule has 1 aromatic heterocycles. The van der Waals surface area contributed by atoms with Crippen molar-refractivity contribution < 1.29 is 14.8 Å². The van der Waals surface area contributed by atoms with Crippen LogP contribution in [0.5, 0.6) is 5.75 Å². The lowest BCUT2D eigenvalue weighted by atomic mass is 10.1. The molecule has 3 rings (SSSR count). The number of nitro benzene ring substituents is 1. The first-order valence-electron chi connectivity index (χ1n) is 7.76. The average Bonchev–Trinajstić information content (AvgIpc) is 2.66. The predicted octanol–water partition coefficient (Wildman–Crippen LogP) is 1.96. The number of benzene rings is 2. The van der Waals surface area contributed by atoms with Gasteiger partial charge in [-0.1, -0.05) is 29.8 Å². The summed E-state index contributed by atoms with van der Waals surface area (Å²) in [5, 5.41) is 29.2. The number of phenolic OH excluding ortho intramolecular Hbond substituents is 1. The molecule has 2 aromatic carbocycles. The van der Waals surface area contributed by atoms with Crippen molar-refractivity contribution in [1.29, 1.82) is 0 Å². The van der Waals surface area contributed by atoms with Crippen molar-refractivity contribution in [3.63, 3.8) is 0 Å². The van der Waals surface area contributed by atoms with E-state index in [0.29, 0.717) is 10.8 Å². The van der Waals surface area contributed by atoms with Gasteiger partial charge in [0.1, 0.15) is 0 Å². The largest absolute Gasteiger partial charge is 0.502 e. The topological polar surface area (TPSA) is 140 Å². The highest BCUT2D eigenvalue weighted by Gasteiger charge is 2.18. The summed E-state index contributed by atoms with van der Waals surface area (Å²) in [5.74, 6) is -1.35. The second-order valence-corrected chi connectivity index (χ2v) is 6.08. The van der Waals surface area contributed by atoms with Gasteiger partial charge in [0.15, 0.2) is 5.69 Å². The van der Waals surface area contributed by atoms with Crippen LogP contribution in [0.15, 0.2) is 46.3 Å². The number of nitrogens with zero attached hydrogens (tertiary/aromatic N) is 4. The number of amides is 1. The van der Waals surface area contributed by atoms with Gasteiger partial charge in [-0.3, -0.25) is 19.7 Å². The number of phenols is 1. The first-order chi connectivity index (χ1) is 13.3. The molecule has 0 aliphatic carbocycles. The highest BCUT2D eigenvalue weighted by atomic mass is 35.5. The lowest BCUT2D eigenvalue weighted by molar-refractivity contribution is -0.385. The highest BCUT2D eigenvalue weighted by molar-refractivity contribution is 6.31. The highest BCUT2D eigenvalue weighted by Crippen LogP contribution is 2.32. The van der Waals surface area contributed by atoms with E-state index in [1.807, 2.05) is 0 Å². The van der Waals surface area contributed by atoms with E-state index in [2.05, 4.69) is 15.6 Å². The van der Waals surface area contributed by atoms with Gasteiger partial charge in [-0.25, -0.2) is 10.1 Å². The molecule has 1 heterocycles. The molecule has 0 saturated carbocycles. The fourth-order valence-corrected chi connectivity index (χ4v) is 2.74. The first kappa shape index (κ1) is 19.0. The van der Waals surface area contributed by atoms with Gasteiger partial charge in [0.2, 0.25) is 5.75 Å². The maximum Gasteiger partial charge on any atom is 0.312 e. The Morgan fingerprint density at radius 3 is 2.71 bits per heavy atom. The molecule has 2 N–H and O–H groups in total. The Kier molecular flexibility index (Phi) is 5.05. The molecule has 3 aromatic rings. The Bertz CT molecular complexity index is 1200. The third kappa shape index (κ3) is 3.53. The van der Waals surface area contributed by atoms with Crippen molar-refractivity contribution in [2.45, 2.75) is 0 Å². The summed E-state index contributed by atoms with van der Waals surface area (Å²) in [5.41, 5.74) is 1.17. The third-order valence-electron chi connectivity index (χ3n) is 3.82. The summed E-state index contributed by atoms with van der Waals surface area (Å²) in [6.07, 6.45) is 1.01. The lowest BCUT2D eigenvalue weighted by Crippen LogP contribution is -2.27. The number of aromatic hydroxyl groups is 1. The number of aromatic nitrogens is 2. The molecule has 0 spiro atoms. The monoisotopic (exact) mass is 401 g/mol. The molecule has 0 saturated heterocycles. The van der Waals surface area contributed by atoms with Crippen LogP contribution in [0.3, 0.4) is 0 Å². The van der Waals surface area contributed by atoms with Gasteiger partial charge in [0, 0.05) is 29.1 Å². The van der Waals surface area contributed by atoms with Crippen LogP contribution in [-0.2, 0) is 7.05 Å². The zero-order valence-electron chi connectivity index (χ0n) is 14.3. The second-order valence-electron chi connectivity index (χ2n) is 5.64. The number of rotatable bonds is 4. The van der Waals surface area contributed by atoms with Crippen LogP contribution >= 0.6 is 11.6 Å². The number of halogens is 1. The van der Waals surface area contributed by atoms with E-state index in [1.54, 1.807) is 24.3 Å². The van der Waals surface area contributed by atoms with Gasteiger partial charge >= 0.3 is 5.69 Å². The second kappa shape index (κ2) is 7.45. The molecule has 0 atom stereocenters. The van der Waals surface area contributed by atoms with Crippen LogP contribution in [0.25, 0.3) is 10.8 Å². The number of hydrogen-bond acceptors (Lipinski definition) is 7. The fourth-order valence-electron chi connectivity index (χ4n) is 2.52. The number of nitro groups is 1. The SMILES string of the molecule is Cn1nc(C(=O)N/N=C/c2cc(Cl)cc([N+](=O)[O-])c2O)c2ccccc2c1=O. The number of carbonyl (C=O) groups excluding carboxylic acids is 1. The minimum absolute atomic E-state index is 0.0167. The van der Waals surface area contributed by atoms with Gasteiger partial charge in [0.05, 0.1) is 16.5 Å². The van der Waals surface area contributed by atoms with Crippen LogP contribution < -0.4 is 11.0 Å². The lowest BCUT2D eigenvalue weighted by Gasteiger charge is -2.06. The predicted molar refractivity (Wildman–Crippen MR) is 102 cm³/mol. The van der Waals surface area contributed by atoms with Crippen molar-refractivity contribution in [2.75, 3.05) is 0 Å². The van der Waals surface area contributed by atoms with Gasteiger partial charge < -0.3 is 5.11 Å². The Labute approximate surface area is 161 Å². The van der Waals surface area contributed by atoms with Crippen molar-refractivity contribution in [3.8, 4) is 5.75 Å². The number of fused-ring (bicyclic) bond motifs is 1. The van der Waals surface area contributed by atoms with E-state index in [0.717, 1.165) is 17.0 Å². The molecule has 142 valence electrons. The minimum atomic E-state index is -0.794. The number of hydrogen-bond donors (Lipinski definition) is 2. The number of nitrogens with one attached hydrogen (secondary N) is 1. The van der Waals surface area contributed by atoms with Crippen LogP contribution in [0.2, 0.25) is 5.02 Å². The fraction of sp³-hybridized carbons (Fsp3) is 0.0588. The molecular weight excluding hydrogens is 390 g/mol. The van der Waals surface area contributed by atoms with E-state index < -0.39 is 22.3 Å². The van der Waals surface area contributed by atoms with Gasteiger partial charge in [-0.2, -0.15) is 10.2 Å². The number of hydrazone groups is 1. The molecule has 0 fully saturated rings. The maximum absolute atomic E-state index is 12.4. The summed E-state index contributed by atoms with van der Waals surface area (Å²) in [6, 6.07) is 8.72. The normalized spacial score (nSPS) is 11.1. The average molecular weight is 402 g/mol. The quantitative estimate of drug-likeness (QED) is 0.389. The van der Waals surface area contributed by atoms with Crippen LogP contribution in [0.1, 0.15) is 16.1 Å². The smallest absolute Gasteiger partial charge is 0.312 e. The molecule has 10 nitrogen and oxygen atoms in total. The summed E-state index contributed by atoms with van der Waals surface area (Å²) in [4.78, 5) is 34.7. The number of aryl methyl sites for hydroxylation is 1. The zero-order valence-corrected chi connectivity index (χ0v) is 15.0. The molecule has 28 heavy (non-hydrogen) atoms. The first-order valence-corrected chi connectivity index (χ1v) is 8.13. The van der Waals surface area contributed by atoms with Crippen molar-refractivity contribution >= 4 is 40.2 Å².